The number of halogens is 1. The lowest BCUT2D eigenvalue weighted by Crippen LogP contribution is -2.10. The van der Waals surface area contributed by atoms with Crippen LogP contribution in [0.3, 0.4) is 0 Å². The first-order valence-electron chi connectivity index (χ1n) is 11.5. The molecule has 1 N–H and O–H groups in total. The van der Waals surface area contributed by atoms with Crippen molar-refractivity contribution in [3.8, 4) is 32.7 Å². The van der Waals surface area contributed by atoms with Crippen molar-refractivity contribution >= 4 is 39.6 Å². The SMILES string of the molecule is CC(=O)Nc1sc(-c2ccccc2)c(-c2ccc(Cl)cc2)c1C(=O)c1ccc(-c2ccccc2)cc1. The highest BCUT2D eigenvalue weighted by Gasteiger charge is 2.27. The maximum absolute atomic E-state index is 14.0. The number of carbonyl (C=O) groups is 2. The Labute approximate surface area is 219 Å². The zero-order valence-corrected chi connectivity index (χ0v) is 21.1. The predicted octanol–water partition coefficient (Wildman–Crippen LogP) is 8.59. The third-order valence-corrected chi connectivity index (χ3v) is 7.25. The van der Waals surface area contributed by atoms with Crippen molar-refractivity contribution in [2.75, 3.05) is 5.32 Å². The summed E-state index contributed by atoms with van der Waals surface area (Å²) in [6, 6.07) is 34.9. The Morgan fingerprint density at radius 2 is 1.19 bits per heavy atom. The Bertz CT molecular complexity index is 1520. The number of benzene rings is 4. The van der Waals surface area contributed by atoms with Gasteiger partial charge in [-0.3, -0.25) is 9.59 Å². The van der Waals surface area contributed by atoms with E-state index in [0.717, 1.165) is 32.7 Å². The van der Waals surface area contributed by atoms with E-state index in [4.69, 9.17) is 11.6 Å². The summed E-state index contributed by atoms with van der Waals surface area (Å²) in [4.78, 5) is 27.1. The van der Waals surface area contributed by atoms with Crippen LogP contribution in [0.1, 0.15) is 22.8 Å². The molecule has 3 nitrogen and oxygen atoms in total. The second kappa shape index (κ2) is 10.3. The summed E-state index contributed by atoms with van der Waals surface area (Å²) in [5.74, 6) is -0.381. The summed E-state index contributed by atoms with van der Waals surface area (Å²) in [7, 11) is 0. The third-order valence-electron chi connectivity index (χ3n) is 5.85. The van der Waals surface area contributed by atoms with E-state index in [0.29, 0.717) is 21.2 Å². The molecule has 1 aromatic heterocycles. The lowest BCUT2D eigenvalue weighted by molar-refractivity contribution is -0.114. The van der Waals surface area contributed by atoms with Crippen LogP contribution in [0.2, 0.25) is 5.02 Å². The fourth-order valence-corrected chi connectivity index (χ4v) is 5.57. The highest BCUT2D eigenvalue weighted by Crippen LogP contribution is 2.47. The minimum absolute atomic E-state index is 0.151. The van der Waals surface area contributed by atoms with Crippen molar-refractivity contribution in [3.63, 3.8) is 0 Å². The number of thiophene rings is 1. The molecular formula is C31H22ClNO2S. The van der Waals surface area contributed by atoms with Crippen LogP contribution in [0.5, 0.6) is 0 Å². The highest BCUT2D eigenvalue weighted by atomic mass is 35.5. The largest absolute Gasteiger partial charge is 0.317 e. The monoisotopic (exact) mass is 507 g/mol. The van der Waals surface area contributed by atoms with Crippen LogP contribution in [-0.4, -0.2) is 11.7 Å². The molecule has 5 heteroatoms. The topological polar surface area (TPSA) is 46.2 Å². The molecule has 1 heterocycles. The molecule has 0 aliphatic rings. The van der Waals surface area contributed by atoms with Gasteiger partial charge in [-0.2, -0.15) is 0 Å². The predicted molar refractivity (Wildman–Crippen MR) is 150 cm³/mol. The number of hydrogen-bond acceptors (Lipinski definition) is 3. The lowest BCUT2D eigenvalue weighted by atomic mass is 9.92. The first kappa shape index (κ1) is 23.7. The molecule has 0 saturated carbocycles. The molecule has 0 bridgehead atoms. The maximum atomic E-state index is 14.0. The minimum Gasteiger partial charge on any atom is -0.317 e. The molecule has 176 valence electrons. The van der Waals surface area contributed by atoms with Gasteiger partial charge in [0.2, 0.25) is 5.91 Å². The molecule has 5 rings (SSSR count). The maximum Gasteiger partial charge on any atom is 0.221 e. The normalized spacial score (nSPS) is 10.7. The molecule has 0 aliphatic carbocycles. The average Bonchev–Trinajstić information content (AvgIpc) is 3.28. The average molecular weight is 508 g/mol. The molecule has 0 atom stereocenters. The van der Waals surface area contributed by atoms with E-state index in [2.05, 4.69) is 5.32 Å². The smallest absolute Gasteiger partial charge is 0.221 e. The summed E-state index contributed by atoms with van der Waals surface area (Å²) in [5.41, 5.74) is 5.75. The third kappa shape index (κ3) is 4.87. The van der Waals surface area contributed by atoms with Gasteiger partial charge < -0.3 is 5.32 Å². The molecule has 0 radical (unpaired) electrons. The van der Waals surface area contributed by atoms with E-state index >= 15 is 0 Å². The summed E-state index contributed by atoms with van der Waals surface area (Å²) in [6.07, 6.45) is 0. The van der Waals surface area contributed by atoms with Gasteiger partial charge in [0.05, 0.1) is 5.56 Å². The van der Waals surface area contributed by atoms with Crippen LogP contribution < -0.4 is 5.32 Å². The van der Waals surface area contributed by atoms with Crippen LogP contribution in [-0.2, 0) is 4.79 Å². The van der Waals surface area contributed by atoms with E-state index < -0.39 is 0 Å². The first-order valence-corrected chi connectivity index (χ1v) is 12.7. The molecule has 0 saturated heterocycles. The van der Waals surface area contributed by atoms with Gasteiger partial charge in [-0.25, -0.2) is 0 Å². The zero-order valence-electron chi connectivity index (χ0n) is 19.5. The van der Waals surface area contributed by atoms with Crippen LogP contribution in [0.25, 0.3) is 32.7 Å². The van der Waals surface area contributed by atoms with E-state index in [1.54, 1.807) is 0 Å². The number of ketones is 1. The summed E-state index contributed by atoms with van der Waals surface area (Å²) in [5, 5.41) is 4.05. The highest BCUT2D eigenvalue weighted by molar-refractivity contribution is 7.20. The first-order chi connectivity index (χ1) is 17.5. The van der Waals surface area contributed by atoms with Crippen LogP contribution >= 0.6 is 22.9 Å². The molecule has 0 spiro atoms. The fraction of sp³-hybridized carbons (Fsp3) is 0.0323. The van der Waals surface area contributed by atoms with Gasteiger partial charge in [-0.1, -0.05) is 109 Å². The van der Waals surface area contributed by atoms with Gasteiger partial charge >= 0.3 is 0 Å². The summed E-state index contributed by atoms with van der Waals surface area (Å²) >= 11 is 7.58. The Balaban J connectivity index is 1.68. The van der Waals surface area contributed by atoms with Gasteiger partial charge in [0, 0.05) is 28.0 Å². The van der Waals surface area contributed by atoms with Crippen molar-refractivity contribution in [1.82, 2.24) is 0 Å². The standard InChI is InChI=1S/C31H22ClNO2S/c1-20(34)33-31-28(29(35)24-14-12-22(13-15-24)21-8-4-2-5-9-21)27(23-16-18-26(32)19-17-23)30(36-31)25-10-6-3-7-11-25/h2-19H,1H3,(H,33,34). The molecule has 0 fully saturated rings. The summed E-state index contributed by atoms with van der Waals surface area (Å²) < 4.78 is 0. The van der Waals surface area contributed by atoms with Gasteiger partial charge in [0.25, 0.3) is 0 Å². The second-order valence-corrected chi connectivity index (χ2v) is 9.79. The summed E-state index contributed by atoms with van der Waals surface area (Å²) in [6.45, 7) is 1.45. The molecule has 0 aliphatic heterocycles. The number of nitrogens with one attached hydrogen (secondary N) is 1. The van der Waals surface area contributed by atoms with Crippen LogP contribution in [0, 0.1) is 0 Å². The minimum atomic E-state index is -0.230. The van der Waals surface area contributed by atoms with Gasteiger partial charge in [-0.15, -0.1) is 11.3 Å². The van der Waals surface area contributed by atoms with Crippen LogP contribution in [0.15, 0.2) is 109 Å². The van der Waals surface area contributed by atoms with Crippen molar-refractivity contribution in [3.05, 3.63) is 125 Å². The fourth-order valence-electron chi connectivity index (χ4n) is 4.17. The van der Waals surface area contributed by atoms with Crippen molar-refractivity contribution in [2.24, 2.45) is 0 Å². The quantitative estimate of drug-likeness (QED) is 0.234. The Morgan fingerprint density at radius 1 is 0.667 bits per heavy atom. The molecule has 0 unspecified atom stereocenters. The van der Waals surface area contributed by atoms with E-state index in [9.17, 15) is 9.59 Å². The molecule has 4 aromatic carbocycles. The number of hydrogen-bond donors (Lipinski definition) is 1. The van der Waals surface area contributed by atoms with Gasteiger partial charge in [0.1, 0.15) is 5.00 Å². The van der Waals surface area contributed by atoms with Crippen molar-refractivity contribution < 1.29 is 9.59 Å². The number of amides is 1. The van der Waals surface area contributed by atoms with Gasteiger partial charge in [-0.05, 0) is 34.4 Å². The van der Waals surface area contributed by atoms with Crippen LogP contribution in [0.4, 0.5) is 5.00 Å². The molecular weight excluding hydrogens is 486 g/mol. The van der Waals surface area contributed by atoms with Crippen molar-refractivity contribution in [2.45, 2.75) is 6.92 Å². The van der Waals surface area contributed by atoms with E-state index in [1.165, 1.54) is 18.3 Å². The number of anilines is 1. The van der Waals surface area contributed by atoms with Gasteiger partial charge in [0.15, 0.2) is 5.78 Å². The number of carbonyl (C=O) groups excluding carboxylic acids is 2. The zero-order chi connectivity index (χ0) is 25.1. The molecule has 1 amide bonds. The number of rotatable bonds is 6. The van der Waals surface area contributed by atoms with E-state index in [1.807, 2.05) is 109 Å². The van der Waals surface area contributed by atoms with Crippen molar-refractivity contribution in [1.29, 1.82) is 0 Å². The Morgan fingerprint density at radius 3 is 1.78 bits per heavy atom. The lowest BCUT2D eigenvalue weighted by Gasteiger charge is -2.11. The molecule has 36 heavy (non-hydrogen) atoms. The molecule has 5 aromatic rings. The Hall–Kier alpha value is -3.99. The Kier molecular flexibility index (Phi) is 6.81. The van der Waals surface area contributed by atoms with E-state index in [-0.39, 0.29) is 11.7 Å². The second-order valence-electron chi connectivity index (χ2n) is 8.34.